The zero-order valence-electron chi connectivity index (χ0n) is 9.68. The van der Waals surface area contributed by atoms with Gasteiger partial charge in [-0.1, -0.05) is 6.07 Å². The van der Waals surface area contributed by atoms with E-state index in [2.05, 4.69) is 0 Å². The van der Waals surface area contributed by atoms with E-state index in [1.165, 1.54) is 13.2 Å². The van der Waals surface area contributed by atoms with Crippen molar-refractivity contribution in [2.45, 2.75) is 18.5 Å². The van der Waals surface area contributed by atoms with Crippen molar-refractivity contribution in [2.75, 3.05) is 20.3 Å². The van der Waals surface area contributed by atoms with Gasteiger partial charge in [0.05, 0.1) is 6.61 Å². The third-order valence-corrected chi connectivity index (χ3v) is 2.59. The van der Waals surface area contributed by atoms with Gasteiger partial charge in [0, 0.05) is 7.11 Å². The van der Waals surface area contributed by atoms with E-state index >= 15 is 0 Å². The van der Waals surface area contributed by atoms with Crippen LogP contribution in [0.25, 0.3) is 0 Å². The molecule has 0 fully saturated rings. The number of ether oxygens (including phenoxy) is 1. The number of alkyl halides is 1. The van der Waals surface area contributed by atoms with E-state index in [1.54, 1.807) is 0 Å². The topological polar surface area (TPSA) is 35.2 Å². The zero-order chi connectivity index (χ0) is 12.9. The van der Waals surface area contributed by atoms with Crippen LogP contribution in [-0.4, -0.2) is 20.3 Å². The molecule has 96 valence electrons. The van der Waals surface area contributed by atoms with E-state index in [-0.39, 0.29) is 18.6 Å². The van der Waals surface area contributed by atoms with Crippen LogP contribution in [0.4, 0.5) is 13.2 Å². The summed E-state index contributed by atoms with van der Waals surface area (Å²) in [5, 5.41) is 0. The van der Waals surface area contributed by atoms with Gasteiger partial charge in [-0.05, 0) is 37.1 Å². The zero-order valence-corrected chi connectivity index (χ0v) is 9.68. The first-order valence-electron chi connectivity index (χ1n) is 5.37. The Morgan fingerprint density at radius 2 is 2.00 bits per heavy atom. The second kappa shape index (κ2) is 6.02. The van der Waals surface area contributed by atoms with Crippen LogP contribution in [0.5, 0.6) is 0 Å². The molecule has 0 amide bonds. The van der Waals surface area contributed by atoms with E-state index in [9.17, 15) is 13.2 Å². The Balaban J connectivity index is 2.99. The molecule has 1 unspecified atom stereocenters. The number of hydrogen-bond donors (Lipinski definition) is 1. The number of rotatable bonds is 6. The molecule has 0 aliphatic rings. The highest BCUT2D eigenvalue weighted by atomic mass is 19.2. The molecule has 0 bridgehead atoms. The summed E-state index contributed by atoms with van der Waals surface area (Å²) in [6.45, 7) is 0.122. The molecule has 0 heterocycles. The van der Waals surface area contributed by atoms with Gasteiger partial charge in [-0.3, -0.25) is 0 Å². The molecule has 1 aromatic rings. The molecule has 17 heavy (non-hydrogen) atoms. The van der Waals surface area contributed by atoms with Crippen molar-refractivity contribution in [1.82, 2.24) is 0 Å². The second-order valence-electron chi connectivity index (χ2n) is 3.92. The van der Waals surface area contributed by atoms with Crippen molar-refractivity contribution < 1.29 is 17.9 Å². The fourth-order valence-electron chi connectivity index (χ4n) is 1.69. The van der Waals surface area contributed by atoms with Gasteiger partial charge in [0.1, 0.15) is 0 Å². The molecule has 0 spiro atoms. The molecule has 2 N–H and O–H groups in total. The maximum absolute atomic E-state index is 14.6. The van der Waals surface area contributed by atoms with Gasteiger partial charge in [0.25, 0.3) is 0 Å². The minimum Gasteiger partial charge on any atom is -0.381 e. The summed E-state index contributed by atoms with van der Waals surface area (Å²) >= 11 is 0. The van der Waals surface area contributed by atoms with Crippen LogP contribution in [0.1, 0.15) is 18.4 Å². The van der Waals surface area contributed by atoms with Gasteiger partial charge < -0.3 is 10.5 Å². The van der Waals surface area contributed by atoms with E-state index in [4.69, 9.17) is 10.5 Å². The lowest BCUT2D eigenvalue weighted by molar-refractivity contribution is 0.0301. The molecule has 1 rings (SSSR count). The minimum absolute atomic E-state index is 0.0756. The predicted octanol–water partition coefficient (Wildman–Crippen LogP) is 2.51. The molecule has 0 aliphatic carbocycles. The van der Waals surface area contributed by atoms with E-state index in [0.29, 0.717) is 13.0 Å². The monoisotopic (exact) mass is 247 g/mol. The molecule has 0 aromatic heterocycles. The van der Waals surface area contributed by atoms with Gasteiger partial charge >= 0.3 is 0 Å². The average molecular weight is 247 g/mol. The molecule has 5 heteroatoms. The van der Waals surface area contributed by atoms with Crippen molar-refractivity contribution in [2.24, 2.45) is 5.73 Å². The second-order valence-corrected chi connectivity index (χ2v) is 3.92. The first kappa shape index (κ1) is 14.0. The fraction of sp³-hybridized carbons (Fsp3) is 0.500. The number of nitrogens with two attached hydrogens (primary N) is 1. The largest absolute Gasteiger partial charge is 0.381 e. The summed E-state index contributed by atoms with van der Waals surface area (Å²) < 4.78 is 45.2. The number of halogens is 3. The van der Waals surface area contributed by atoms with Crippen LogP contribution in [-0.2, 0) is 10.4 Å². The Bertz CT molecular complexity index is 373. The summed E-state index contributed by atoms with van der Waals surface area (Å²) in [6.07, 6.45) is 0.557. The third-order valence-electron chi connectivity index (χ3n) is 2.59. The van der Waals surface area contributed by atoms with Crippen LogP contribution >= 0.6 is 0 Å². The molecule has 0 aliphatic heterocycles. The summed E-state index contributed by atoms with van der Waals surface area (Å²) in [6, 6.07) is 3.01. The normalized spacial score (nSPS) is 14.6. The Labute approximate surface area is 98.6 Å². The van der Waals surface area contributed by atoms with Gasteiger partial charge in [0.2, 0.25) is 0 Å². The van der Waals surface area contributed by atoms with E-state index in [0.717, 1.165) is 12.1 Å². The Kier molecular flexibility index (Phi) is 4.96. The lowest BCUT2D eigenvalue weighted by Crippen LogP contribution is -2.27. The van der Waals surface area contributed by atoms with Crippen molar-refractivity contribution in [3.63, 3.8) is 0 Å². The molecular formula is C12H16F3NO. The van der Waals surface area contributed by atoms with Crippen LogP contribution in [0, 0.1) is 11.6 Å². The average Bonchev–Trinajstić information content (AvgIpc) is 2.30. The van der Waals surface area contributed by atoms with Crippen LogP contribution in [0.3, 0.4) is 0 Å². The first-order chi connectivity index (χ1) is 8.03. The van der Waals surface area contributed by atoms with Crippen LogP contribution in [0.2, 0.25) is 0 Å². The van der Waals surface area contributed by atoms with E-state index in [1.807, 2.05) is 0 Å². The van der Waals surface area contributed by atoms with Crippen molar-refractivity contribution in [1.29, 1.82) is 0 Å². The van der Waals surface area contributed by atoms with Crippen molar-refractivity contribution in [3.8, 4) is 0 Å². The molecule has 0 saturated carbocycles. The quantitative estimate of drug-likeness (QED) is 0.838. The highest BCUT2D eigenvalue weighted by molar-refractivity contribution is 5.24. The molecule has 0 saturated heterocycles. The minimum atomic E-state index is -1.83. The number of hydrogen-bond acceptors (Lipinski definition) is 2. The summed E-state index contributed by atoms with van der Waals surface area (Å²) in [5.74, 6) is -2.05. The van der Waals surface area contributed by atoms with Crippen molar-refractivity contribution >= 4 is 0 Å². The highest BCUT2D eigenvalue weighted by Crippen LogP contribution is 2.32. The summed E-state index contributed by atoms with van der Waals surface area (Å²) in [7, 11) is 1.36. The number of benzene rings is 1. The lowest BCUT2D eigenvalue weighted by Gasteiger charge is -2.25. The predicted molar refractivity (Wildman–Crippen MR) is 59.3 cm³/mol. The van der Waals surface area contributed by atoms with Crippen LogP contribution < -0.4 is 5.73 Å². The maximum atomic E-state index is 14.6. The lowest BCUT2D eigenvalue weighted by atomic mass is 9.91. The first-order valence-corrected chi connectivity index (χ1v) is 5.37. The third kappa shape index (κ3) is 3.44. The Morgan fingerprint density at radius 3 is 2.53 bits per heavy atom. The molecule has 2 nitrogen and oxygen atoms in total. The Morgan fingerprint density at radius 1 is 1.29 bits per heavy atom. The van der Waals surface area contributed by atoms with Crippen molar-refractivity contribution in [3.05, 3.63) is 35.4 Å². The standard InChI is InChI=1S/C12H16F3NO/c1-17-8-12(15,5-2-6-16)9-3-4-10(13)11(14)7-9/h3-4,7H,2,5-6,8,16H2,1H3. The summed E-state index contributed by atoms with van der Waals surface area (Å²) in [4.78, 5) is 0. The Hall–Kier alpha value is -1.07. The van der Waals surface area contributed by atoms with E-state index < -0.39 is 17.3 Å². The van der Waals surface area contributed by atoms with Gasteiger partial charge in [0.15, 0.2) is 17.3 Å². The molecular weight excluding hydrogens is 231 g/mol. The van der Waals surface area contributed by atoms with Gasteiger partial charge in [-0.15, -0.1) is 0 Å². The molecule has 0 radical (unpaired) electrons. The van der Waals surface area contributed by atoms with Gasteiger partial charge in [-0.25, -0.2) is 13.2 Å². The highest BCUT2D eigenvalue weighted by Gasteiger charge is 2.32. The summed E-state index contributed by atoms with van der Waals surface area (Å²) in [5.41, 5.74) is 3.57. The van der Waals surface area contributed by atoms with Crippen LogP contribution in [0.15, 0.2) is 18.2 Å². The smallest absolute Gasteiger partial charge is 0.159 e. The maximum Gasteiger partial charge on any atom is 0.159 e. The van der Waals surface area contributed by atoms with Gasteiger partial charge in [-0.2, -0.15) is 0 Å². The SMILES string of the molecule is COCC(F)(CCCN)c1ccc(F)c(F)c1. The number of methoxy groups -OCH3 is 1. The fourth-order valence-corrected chi connectivity index (χ4v) is 1.69. The molecule has 1 atom stereocenters. The molecule has 1 aromatic carbocycles.